The highest BCUT2D eigenvalue weighted by Gasteiger charge is 2.16. The summed E-state index contributed by atoms with van der Waals surface area (Å²) in [5.41, 5.74) is 2.51. The van der Waals surface area contributed by atoms with Crippen LogP contribution in [0.15, 0.2) is 36.4 Å². The van der Waals surface area contributed by atoms with E-state index in [1.807, 2.05) is 58.0 Å². The molecule has 2 rings (SSSR count). The maximum Gasteiger partial charge on any atom is 0.265 e. The van der Waals surface area contributed by atoms with Gasteiger partial charge in [0.15, 0.2) is 6.10 Å². The molecule has 2 aromatic carbocycles. The molecule has 1 unspecified atom stereocenters. The molecule has 0 aliphatic heterocycles. The van der Waals surface area contributed by atoms with Crippen LogP contribution in [-0.4, -0.2) is 18.1 Å². The maximum absolute atomic E-state index is 12.4. The van der Waals surface area contributed by atoms with Crippen LogP contribution in [0, 0.1) is 13.8 Å². The van der Waals surface area contributed by atoms with Crippen molar-refractivity contribution < 1.29 is 14.3 Å². The number of amides is 1. The van der Waals surface area contributed by atoms with E-state index in [1.165, 1.54) is 0 Å². The van der Waals surface area contributed by atoms with Crippen LogP contribution in [0.3, 0.4) is 0 Å². The molecule has 0 aromatic heterocycles. The normalized spacial score (nSPS) is 12.0. The summed E-state index contributed by atoms with van der Waals surface area (Å²) in [6.45, 7) is 9.44. The zero-order valence-corrected chi connectivity index (χ0v) is 16.0. The molecule has 2 aromatic rings. The fraction of sp³-hybridized carbons (Fsp3) is 0.350. The van der Waals surface area contributed by atoms with Crippen LogP contribution in [0.5, 0.6) is 11.5 Å². The molecule has 0 aliphatic carbocycles. The van der Waals surface area contributed by atoms with Crippen molar-refractivity contribution in [1.82, 2.24) is 0 Å². The van der Waals surface area contributed by atoms with Gasteiger partial charge in [-0.25, -0.2) is 0 Å². The third-order valence-electron chi connectivity index (χ3n) is 3.57. The van der Waals surface area contributed by atoms with Gasteiger partial charge >= 0.3 is 0 Å². The highest BCUT2D eigenvalue weighted by Crippen LogP contribution is 2.26. The van der Waals surface area contributed by atoms with Gasteiger partial charge in [-0.05, 0) is 70.0 Å². The Bertz CT molecular complexity index is 735. The van der Waals surface area contributed by atoms with Crippen molar-refractivity contribution >= 4 is 23.2 Å². The van der Waals surface area contributed by atoms with Crippen molar-refractivity contribution in [2.24, 2.45) is 0 Å². The van der Waals surface area contributed by atoms with Gasteiger partial charge in [-0.15, -0.1) is 0 Å². The first-order chi connectivity index (χ1) is 11.8. The molecule has 0 heterocycles. The number of rotatable bonds is 6. The lowest BCUT2D eigenvalue weighted by atomic mass is 10.1. The number of carbonyl (C=O) groups is 1. The fourth-order valence-corrected chi connectivity index (χ4v) is 2.50. The summed E-state index contributed by atoms with van der Waals surface area (Å²) in [7, 11) is 0. The van der Waals surface area contributed by atoms with Crippen molar-refractivity contribution in [3.05, 3.63) is 52.5 Å². The topological polar surface area (TPSA) is 47.6 Å². The zero-order chi connectivity index (χ0) is 18.6. The number of hydrogen-bond donors (Lipinski definition) is 1. The van der Waals surface area contributed by atoms with Crippen LogP contribution < -0.4 is 14.8 Å². The number of aryl methyl sites for hydroxylation is 2. The minimum absolute atomic E-state index is 0.0737. The Balaban J connectivity index is 2.03. The van der Waals surface area contributed by atoms with Crippen molar-refractivity contribution in [2.75, 3.05) is 5.32 Å². The summed E-state index contributed by atoms with van der Waals surface area (Å²) in [4.78, 5) is 12.4. The van der Waals surface area contributed by atoms with Crippen molar-refractivity contribution in [3.63, 3.8) is 0 Å². The van der Waals surface area contributed by atoms with Gasteiger partial charge in [0.05, 0.1) is 6.10 Å². The lowest BCUT2D eigenvalue weighted by molar-refractivity contribution is -0.122. The van der Waals surface area contributed by atoms with Gasteiger partial charge in [-0.1, -0.05) is 17.7 Å². The van der Waals surface area contributed by atoms with E-state index in [4.69, 9.17) is 21.1 Å². The van der Waals surface area contributed by atoms with Crippen molar-refractivity contribution in [1.29, 1.82) is 0 Å². The minimum Gasteiger partial charge on any atom is -0.491 e. The van der Waals surface area contributed by atoms with Gasteiger partial charge in [0.25, 0.3) is 5.91 Å². The molecule has 0 saturated heterocycles. The summed E-state index contributed by atoms with van der Waals surface area (Å²) in [5.74, 6) is 1.11. The van der Waals surface area contributed by atoms with Crippen molar-refractivity contribution in [3.8, 4) is 11.5 Å². The summed E-state index contributed by atoms with van der Waals surface area (Å²) < 4.78 is 11.4. The van der Waals surface area contributed by atoms with Gasteiger partial charge in [-0.2, -0.15) is 0 Å². The van der Waals surface area contributed by atoms with E-state index >= 15 is 0 Å². The molecule has 1 atom stereocenters. The average Bonchev–Trinajstić information content (AvgIpc) is 2.52. The third-order valence-corrected chi connectivity index (χ3v) is 4.16. The summed E-state index contributed by atoms with van der Waals surface area (Å²) in [6.07, 6.45) is -0.570. The Labute approximate surface area is 154 Å². The van der Waals surface area contributed by atoms with Gasteiger partial charge in [0.2, 0.25) is 0 Å². The van der Waals surface area contributed by atoms with Crippen LogP contribution in [0.2, 0.25) is 5.02 Å². The molecule has 0 bridgehead atoms. The Hall–Kier alpha value is -2.20. The first-order valence-corrected chi connectivity index (χ1v) is 8.65. The molecule has 1 N–H and O–H groups in total. The van der Waals surface area contributed by atoms with Crippen LogP contribution in [0.25, 0.3) is 0 Å². The highest BCUT2D eigenvalue weighted by molar-refractivity contribution is 6.32. The molecule has 4 nitrogen and oxygen atoms in total. The number of hydrogen-bond acceptors (Lipinski definition) is 3. The van der Waals surface area contributed by atoms with E-state index < -0.39 is 6.10 Å². The van der Waals surface area contributed by atoms with Crippen molar-refractivity contribution in [2.45, 2.75) is 46.8 Å². The Kier molecular flexibility index (Phi) is 6.32. The van der Waals surface area contributed by atoms with Crippen LogP contribution in [0.4, 0.5) is 5.69 Å². The second kappa shape index (κ2) is 8.26. The summed E-state index contributed by atoms with van der Waals surface area (Å²) in [5, 5.41) is 3.56. The molecule has 0 radical (unpaired) electrons. The Morgan fingerprint density at radius 1 is 1.00 bits per heavy atom. The van der Waals surface area contributed by atoms with Gasteiger partial charge in [-0.3, -0.25) is 4.79 Å². The molecule has 1 amide bonds. The number of anilines is 1. The predicted molar refractivity (Wildman–Crippen MR) is 102 cm³/mol. The van der Waals surface area contributed by atoms with Gasteiger partial charge in [0, 0.05) is 16.8 Å². The van der Waals surface area contributed by atoms with Crippen LogP contribution >= 0.6 is 11.6 Å². The Morgan fingerprint density at radius 3 is 2.24 bits per heavy atom. The third kappa shape index (κ3) is 5.40. The second-order valence-electron chi connectivity index (χ2n) is 6.31. The summed E-state index contributed by atoms with van der Waals surface area (Å²) >= 11 is 6.16. The molecule has 25 heavy (non-hydrogen) atoms. The van der Waals surface area contributed by atoms with Gasteiger partial charge < -0.3 is 14.8 Å². The number of benzene rings is 2. The Morgan fingerprint density at radius 2 is 1.64 bits per heavy atom. The van der Waals surface area contributed by atoms with E-state index in [2.05, 4.69) is 5.32 Å². The predicted octanol–water partition coefficient (Wildman–Crippen LogP) is 5.15. The molecule has 5 heteroatoms. The largest absolute Gasteiger partial charge is 0.491 e. The summed E-state index contributed by atoms with van der Waals surface area (Å²) in [6, 6.07) is 11.0. The highest BCUT2D eigenvalue weighted by atomic mass is 35.5. The van der Waals surface area contributed by atoms with E-state index in [0.717, 1.165) is 11.1 Å². The number of carbonyl (C=O) groups excluding carboxylic acids is 1. The number of halogens is 1. The molecular weight excluding hydrogens is 338 g/mol. The lowest BCUT2D eigenvalue weighted by Crippen LogP contribution is -2.30. The monoisotopic (exact) mass is 361 g/mol. The molecule has 0 aliphatic rings. The zero-order valence-electron chi connectivity index (χ0n) is 15.2. The SMILES string of the molecule is Cc1cc(OC(C)C(=O)Nc2cccc(OC(C)C)c2)cc(C)c1Cl. The minimum atomic E-state index is -0.644. The molecule has 0 saturated carbocycles. The lowest BCUT2D eigenvalue weighted by Gasteiger charge is -2.17. The van der Waals surface area contributed by atoms with E-state index in [1.54, 1.807) is 13.0 Å². The quantitative estimate of drug-likeness (QED) is 0.773. The van der Waals surface area contributed by atoms with Gasteiger partial charge in [0.1, 0.15) is 11.5 Å². The molecular formula is C20H24ClNO3. The smallest absolute Gasteiger partial charge is 0.265 e. The van der Waals surface area contributed by atoms with Crippen LogP contribution in [-0.2, 0) is 4.79 Å². The number of nitrogens with one attached hydrogen (secondary N) is 1. The first kappa shape index (κ1) is 19.1. The molecule has 0 spiro atoms. The fourth-order valence-electron chi connectivity index (χ4n) is 2.40. The van der Waals surface area contributed by atoms with E-state index in [-0.39, 0.29) is 12.0 Å². The standard InChI is InChI=1S/C20H24ClNO3/c1-12(2)24-17-8-6-7-16(11-17)22-20(23)15(5)25-18-9-13(3)19(21)14(4)10-18/h6-12,15H,1-5H3,(H,22,23). The number of ether oxygens (including phenoxy) is 2. The molecule has 0 fully saturated rings. The maximum atomic E-state index is 12.4. The van der Waals surface area contributed by atoms with E-state index in [9.17, 15) is 4.79 Å². The average molecular weight is 362 g/mol. The second-order valence-corrected chi connectivity index (χ2v) is 6.69. The first-order valence-electron chi connectivity index (χ1n) is 8.27. The van der Waals surface area contributed by atoms with Crippen LogP contribution in [0.1, 0.15) is 31.9 Å². The molecule has 134 valence electrons. The van der Waals surface area contributed by atoms with E-state index in [0.29, 0.717) is 22.2 Å².